The molecule has 2 aromatic rings. The number of hydrogen-bond acceptors (Lipinski definition) is 4. The van der Waals surface area contributed by atoms with Gasteiger partial charge in [0.1, 0.15) is 0 Å². The highest BCUT2D eigenvalue weighted by atomic mass is 35.5. The van der Waals surface area contributed by atoms with Crippen molar-refractivity contribution in [3.05, 3.63) is 22.4 Å². The van der Waals surface area contributed by atoms with Crippen LogP contribution in [0.25, 0.3) is 11.0 Å². The van der Waals surface area contributed by atoms with Crippen LogP contribution in [0.1, 0.15) is 0 Å². The third-order valence-corrected chi connectivity index (χ3v) is 3.08. The molecule has 0 spiro atoms. The maximum atomic E-state index is 5.71. The van der Waals surface area contributed by atoms with Gasteiger partial charge in [-0.2, -0.15) is 9.79 Å². The van der Waals surface area contributed by atoms with E-state index in [0.29, 0.717) is 20.8 Å². The monoisotopic (exact) mass is 260 g/mol. The zero-order chi connectivity index (χ0) is 10.3. The summed E-state index contributed by atoms with van der Waals surface area (Å²) in [6.45, 7) is 0. The Bertz CT molecular complexity index is 427. The second-order valence-corrected chi connectivity index (χ2v) is 4.19. The molecule has 2 nitrogen and oxygen atoms in total. The van der Waals surface area contributed by atoms with Gasteiger partial charge in [-0.3, -0.25) is 0 Å². The van der Waals surface area contributed by atoms with E-state index >= 15 is 0 Å². The number of fused-ring (bicyclic) bond motifs is 1. The van der Waals surface area contributed by atoms with Crippen LogP contribution in [0.15, 0.2) is 21.9 Å². The van der Waals surface area contributed by atoms with Crippen molar-refractivity contribution in [3.8, 4) is 0 Å². The molecular formula is C8H2Cl2N2S2-2. The van der Waals surface area contributed by atoms with Crippen molar-refractivity contribution >= 4 is 59.5 Å². The Morgan fingerprint density at radius 1 is 0.857 bits per heavy atom. The van der Waals surface area contributed by atoms with Crippen LogP contribution in [0.4, 0.5) is 0 Å². The van der Waals surface area contributed by atoms with Crippen molar-refractivity contribution in [2.24, 2.45) is 0 Å². The standard InChI is InChI=1S/C8H4Cl2N2S2/c9-7-8(10)12-4-2-6(14)5(13)1-3(4)11-7/h1-2,13-14H/p-2. The van der Waals surface area contributed by atoms with Crippen LogP contribution < -0.4 is 0 Å². The van der Waals surface area contributed by atoms with Crippen molar-refractivity contribution in [2.75, 3.05) is 0 Å². The van der Waals surface area contributed by atoms with Gasteiger partial charge in [-0.25, -0.2) is 9.97 Å². The van der Waals surface area contributed by atoms with E-state index in [0.717, 1.165) is 0 Å². The smallest absolute Gasteiger partial charge is 0.167 e. The minimum atomic E-state index is 0.172. The Morgan fingerprint density at radius 3 is 1.57 bits per heavy atom. The molecule has 6 heteroatoms. The van der Waals surface area contributed by atoms with Crippen LogP contribution in [0.2, 0.25) is 10.3 Å². The summed E-state index contributed by atoms with van der Waals surface area (Å²) < 4.78 is 0. The lowest BCUT2D eigenvalue weighted by molar-refractivity contribution is 1.22. The quantitative estimate of drug-likeness (QED) is 0.681. The molecule has 0 atom stereocenters. The van der Waals surface area contributed by atoms with E-state index in [9.17, 15) is 0 Å². The largest absolute Gasteiger partial charge is 0.781 e. The summed E-state index contributed by atoms with van der Waals surface area (Å²) in [5.41, 5.74) is 1.22. The minimum Gasteiger partial charge on any atom is -0.781 e. The molecule has 0 bridgehead atoms. The number of hydrogen-bond donors (Lipinski definition) is 0. The first-order valence-electron chi connectivity index (χ1n) is 3.59. The van der Waals surface area contributed by atoms with E-state index in [1.165, 1.54) is 0 Å². The van der Waals surface area contributed by atoms with E-state index < -0.39 is 0 Å². The molecule has 1 heterocycles. The molecule has 1 aromatic carbocycles. The summed E-state index contributed by atoms with van der Waals surface area (Å²) in [5, 5.41) is 0.344. The van der Waals surface area contributed by atoms with Gasteiger partial charge in [-0.05, 0) is 0 Å². The number of halogens is 2. The average molecular weight is 261 g/mol. The molecule has 0 aliphatic carbocycles. The van der Waals surface area contributed by atoms with Gasteiger partial charge in [0.2, 0.25) is 0 Å². The molecule has 0 amide bonds. The third kappa shape index (κ3) is 1.70. The Morgan fingerprint density at radius 2 is 1.21 bits per heavy atom. The highest BCUT2D eigenvalue weighted by Gasteiger charge is 2.02. The molecule has 0 fully saturated rings. The van der Waals surface area contributed by atoms with Gasteiger partial charge in [0.05, 0.1) is 11.0 Å². The van der Waals surface area contributed by atoms with E-state index in [1.807, 2.05) is 0 Å². The van der Waals surface area contributed by atoms with Gasteiger partial charge in [-0.15, -0.1) is 0 Å². The molecule has 0 aliphatic heterocycles. The fourth-order valence-electron chi connectivity index (χ4n) is 1.02. The summed E-state index contributed by atoms with van der Waals surface area (Å²) in [6.07, 6.45) is 0. The highest BCUT2D eigenvalue weighted by molar-refractivity contribution is 7.62. The summed E-state index contributed by atoms with van der Waals surface area (Å²) in [4.78, 5) is 9.21. The van der Waals surface area contributed by atoms with E-state index in [1.54, 1.807) is 12.1 Å². The maximum absolute atomic E-state index is 5.71. The third-order valence-electron chi connectivity index (χ3n) is 1.65. The van der Waals surface area contributed by atoms with Crippen molar-refractivity contribution in [3.63, 3.8) is 0 Å². The predicted molar refractivity (Wildman–Crippen MR) is 60.8 cm³/mol. The van der Waals surface area contributed by atoms with Crippen LogP contribution in [0, 0.1) is 0 Å². The predicted octanol–water partition coefficient (Wildman–Crippen LogP) is 2.75. The van der Waals surface area contributed by atoms with Crippen LogP contribution in [0.5, 0.6) is 0 Å². The first-order chi connectivity index (χ1) is 6.58. The Kier molecular flexibility index (Phi) is 2.62. The molecule has 14 heavy (non-hydrogen) atoms. The van der Waals surface area contributed by atoms with Gasteiger partial charge in [0, 0.05) is 0 Å². The van der Waals surface area contributed by atoms with Crippen molar-refractivity contribution in [1.29, 1.82) is 0 Å². The molecule has 0 N–H and O–H groups in total. The molecule has 72 valence electrons. The second-order valence-electron chi connectivity index (χ2n) is 2.59. The van der Waals surface area contributed by atoms with Gasteiger partial charge in [-0.1, -0.05) is 35.3 Å². The first kappa shape index (κ1) is 10.1. The maximum Gasteiger partial charge on any atom is 0.167 e. The summed E-state index contributed by atoms with van der Waals surface area (Å²) in [6, 6.07) is 3.34. The van der Waals surface area contributed by atoms with Crippen molar-refractivity contribution < 1.29 is 0 Å². The molecular weight excluding hydrogens is 259 g/mol. The fourth-order valence-corrected chi connectivity index (χ4v) is 1.63. The minimum absolute atomic E-state index is 0.172. The summed E-state index contributed by atoms with van der Waals surface area (Å²) in [7, 11) is 0. The summed E-state index contributed by atoms with van der Waals surface area (Å²) in [5.74, 6) is 0. The lowest BCUT2D eigenvalue weighted by Gasteiger charge is -2.18. The van der Waals surface area contributed by atoms with Gasteiger partial charge in [0.15, 0.2) is 10.3 Å². The lowest BCUT2D eigenvalue weighted by Crippen LogP contribution is -1.89. The molecule has 1 aromatic heterocycles. The second kappa shape index (κ2) is 3.62. The number of nitrogens with zero attached hydrogens (tertiary/aromatic N) is 2. The van der Waals surface area contributed by atoms with E-state index in [2.05, 4.69) is 9.97 Å². The fraction of sp³-hybridized carbons (Fsp3) is 0. The number of aromatic nitrogens is 2. The molecule has 0 unspecified atom stereocenters. The van der Waals surface area contributed by atoms with Crippen LogP contribution in [-0.4, -0.2) is 9.97 Å². The zero-order valence-corrected chi connectivity index (χ0v) is 9.77. The average Bonchev–Trinajstić information content (AvgIpc) is 2.11. The molecule has 0 saturated carbocycles. The van der Waals surface area contributed by atoms with E-state index in [4.69, 9.17) is 48.5 Å². The van der Waals surface area contributed by atoms with Crippen LogP contribution in [-0.2, 0) is 25.3 Å². The lowest BCUT2D eigenvalue weighted by atomic mass is 10.3. The Labute approximate surface area is 101 Å². The Balaban J connectivity index is 2.83. The SMILES string of the molecule is [S-]c1cc2nc(Cl)c(Cl)nc2cc1[S-]. The highest BCUT2D eigenvalue weighted by Crippen LogP contribution is 2.23. The molecule has 0 radical (unpaired) electrons. The van der Waals surface area contributed by atoms with Crippen LogP contribution >= 0.6 is 23.2 Å². The first-order valence-corrected chi connectivity index (χ1v) is 5.16. The van der Waals surface area contributed by atoms with Crippen molar-refractivity contribution in [2.45, 2.75) is 9.79 Å². The normalized spacial score (nSPS) is 10.7. The molecule has 0 aliphatic rings. The zero-order valence-electron chi connectivity index (χ0n) is 6.62. The molecule has 0 saturated heterocycles. The molecule has 2 rings (SSSR count). The number of benzene rings is 1. The topological polar surface area (TPSA) is 25.8 Å². The van der Waals surface area contributed by atoms with Gasteiger partial charge in [0.25, 0.3) is 0 Å². The Hall–Kier alpha value is -0.420. The van der Waals surface area contributed by atoms with Gasteiger partial charge >= 0.3 is 0 Å². The van der Waals surface area contributed by atoms with E-state index in [-0.39, 0.29) is 10.3 Å². The number of rotatable bonds is 0. The van der Waals surface area contributed by atoms with Crippen LogP contribution in [0.3, 0.4) is 0 Å². The summed E-state index contributed by atoms with van der Waals surface area (Å²) >= 11 is 21.4. The van der Waals surface area contributed by atoms with Crippen molar-refractivity contribution in [1.82, 2.24) is 9.97 Å². The van der Waals surface area contributed by atoms with Gasteiger partial charge < -0.3 is 25.3 Å².